The molecule has 0 aliphatic heterocycles. The van der Waals surface area contributed by atoms with Crippen molar-refractivity contribution in [2.24, 2.45) is 0 Å². The van der Waals surface area contributed by atoms with E-state index in [2.05, 4.69) is 15.0 Å². The minimum Gasteiger partial charge on any atom is -0.465 e. The normalized spacial score (nSPS) is 10.9. The number of aromatic amines is 2. The molecule has 0 saturated carbocycles. The van der Waals surface area contributed by atoms with Gasteiger partial charge < -0.3 is 9.72 Å². The van der Waals surface area contributed by atoms with Crippen molar-refractivity contribution in [3.63, 3.8) is 0 Å². The number of fused-ring (bicyclic) bond motifs is 1. The number of ketones is 1. The largest absolute Gasteiger partial charge is 0.465 e. The van der Waals surface area contributed by atoms with Gasteiger partial charge in [0, 0.05) is 11.1 Å². The lowest BCUT2D eigenvalue weighted by atomic mass is 9.98. The highest BCUT2D eigenvalue weighted by atomic mass is 16.5. The van der Waals surface area contributed by atoms with E-state index in [0.29, 0.717) is 34.5 Å². The van der Waals surface area contributed by atoms with Crippen molar-refractivity contribution in [1.29, 1.82) is 0 Å². The fourth-order valence-electron chi connectivity index (χ4n) is 3.09. The minimum absolute atomic E-state index is 0.120. The van der Waals surface area contributed by atoms with Crippen LogP contribution in [-0.2, 0) is 0 Å². The molecule has 0 spiro atoms. The third-order valence-corrected chi connectivity index (χ3v) is 4.26. The van der Waals surface area contributed by atoms with E-state index in [1.54, 1.807) is 31.2 Å². The maximum absolute atomic E-state index is 13.1. The summed E-state index contributed by atoms with van der Waals surface area (Å²) in [5, 5.41) is 0.337. The first-order chi connectivity index (χ1) is 13.2. The Morgan fingerprint density at radius 3 is 2.33 bits per heavy atom. The number of hydrogen-bond acceptors (Lipinski definition) is 4. The fraction of sp³-hybridized carbons (Fsp3) is 0.0952. The lowest BCUT2D eigenvalue weighted by molar-refractivity contribution is 0.103. The van der Waals surface area contributed by atoms with Gasteiger partial charge in [0.15, 0.2) is 0 Å². The van der Waals surface area contributed by atoms with E-state index in [-0.39, 0.29) is 11.8 Å². The predicted molar refractivity (Wildman–Crippen MR) is 103 cm³/mol. The zero-order valence-electron chi connectivity index (χ0n) is 14.7. The number of nitrogens with zero attached hydrogens (tertiary/aromatic N) is 1. The minimum atomic E-state index is -0.450. The van der Waals surface area contributed by atoms with E-state index >= 15 is 0 Å². The monoisotopic (exact) mass is 359 g/mol. The topological polar surface area (TPSA) is 87.8 Å². The molecule has 0 amide bonds. The van der Waals surface area contributed by atoms with Gasteiger partial charge in [-0.15, -0.1) is 0 Å². The Morgan fingerprint density at radius 2 is 1.67 bits per heavy atom. The van der Waals surface area contributed by atoms with Crippen molar-refractivity contribution in [2.75, 3.05) is 6.61 Å². The van der Waals surface area contributed by atoms with Crippen molar-refractivity contribution >= 4 is 16.8 Å². The number of ether oxygens (including phenoxy) is 1. The molecule has 2 aromatic heterocycles. The first-order valence-electron chi connectivity index (χ1n) is 8.63. The Kier molecular flexibility index (Phi) is 4.30. The highest BCUT2D eigenvalue weighted by Gasteiger charge is 2.23. The Balaban J connectivity index is 2.01. The molecule has 0 aliphatic carbocycles. The third-order valence-electron chi connectivity index (χ3n) is 4.26. The molecule has 0 unspecified atom stereocenters. The molecule has 4 rings (SSSR count). The summed E-state index contributed by atoms with van der Waals surface area (Å²) in [4.78, 5) is 35.8. The summed E-state index contributed by atoms with van der Waals surface area (Å²) in [6.07, 6.45) is 0. The van der Waals surface area contributed by atoms with Gasteiger partial charge >= 0.3 is 0 Å². The number of H-pyrrole nitrogens is 2. The zero-order chi connectivity index (χ0) is 18.8. The van der Waals surface area contributed by atoms with Crippen LogP contribution in [0.1, 0.15) is 23.0 Å². The second-order valence-electron chi connectivity index (χ2n) is 5.97. The van der Waals surface area contributed by atoms with Gasteiger partial charge in [0.25, 0.3) is 11.6 Å². The standard InChI is InChI=1S/C21H17N3O3/c1-2-27-21-23-19-16(20(26)24-21)15(13-9-5-3-6-10-13)17(22-19)18(25)14-11-7-4-8-12-14/h3-12H,2H2,1H3,(H2,22,23,24,26). The van der Waals surface area contributed by atoms with Gasteiger partial charge in [-0.2, -0.15) is 4.98 Å². The van der Waals surface area contributed by atoms with Crippen LogP contribution in [0.2, 0.25) is 0 Å². The molecule has 27 heavy (non-hydrogen) atoms. The summed E-state index contributed by atoms with van der Waals surface area (Å²) in [6, 6.07) is 18.4. The molecule has 2 heterocycles. The predicted octanol–water partition coefficient (Wildman–Crippen LogP) is 3.55. The molecule has 6 nitrogen and oxygen atoms in total. The van der Waals surface area contributed by atoms with Crippen LogP contribution in [0.15, 0.2) is 65.5 Å². The first-order valence-corrected chi connectivity index (χ1v) is 8.63. The number of aromatic nitrogens is 3. The number of hydrogen-bond donors (Lipinski definition) is 2. The van der Waals surface area contributed by atoms with Crippen LogP contribution < -0.4 is 10.3 Å². The number of nitrogens with one attached hydrogen (secondary N) is 2. The van der Waals surface area contributed by atoms with Crippen LogP contribution in [0.25, 0.3) is 22.2 Å². The molecule has 4 aromatic rings. The van der Waals surface area contributed by atoms with Gasteiger partial charge in [0.05, 0.1) is 17.7 Å². The molecule has 0 bridgehead atoms. The zero-order valence-corrected chi connectivity index (χ0v) is 14.7. The van der Waals surface area contributed by atoms with Crippen LogP contribution in [-0.4, -0.2) is 27.3 Å². The van der Waals surface area contributed by atoms with E-state index in [4.69, 9.17) is 4.74 Å². The number of carbonyl (C=O) groups excluding carboxylic acids is 1. The summed E-state index contributed by atoms with van der Waals surface area (Å²) in [5.41, 5.74) is 2.14. The molecule has 0 fully saturated rings. The Labute approximate surface area is 154 Å². The average molecular weight is 359 g/mol. The molecule has 2 aromatic carbocycles. The maximum Gasteiger partial charge on any atom is 0.298 e. The molecule has 0 atom stereocenters. The summed E-state index contributed by atoms with van der Waals surface area (Å²) in [6.45, 7) is 2.18. The summed E-state index contributed by atoms with van der Waals surface area (Å²) in [7, 11) is 0. The average Bonchev–Trinajstić information content (AvgIpc) is 3.09. The highest BCUT2D eigenvalue weighted by Crippen LogP contribution is 2.31. The van der Waals surface area contributed by atoms with Gasteiger partial charge in [-0.05, 0) is 12.5 Å². The van der Waals surface area contributed by atoms with Crippen LogP contribution in [0.4, 0.5) is 0 Å². The fourth-order valence-corrected chi connectivity index (χ4v) is 3.09. The molecular weight excluding hydrogens is 342 g/mol. The summed E-state index contributed by atoms with van der Waals surface area (Å²) < 4.78 is 5.32. The molecule has 6 heteroatoms. The Bertz CT molecular complexity index is 1160. The van der Waals surface area contributed by atoms with Crippen molar-refractivity contribution in [3.8, 4) is 17.1 Å². The molecule has 0 saturated heterocycles. The number of benzene rings is 2. The van der Waals surface area contributed by atoms with E-state index in [0.717, 1.165) is 5.56 Å². The quantitative estimate of drug-likeness (QED) is 0.534. The molecular formula is C21H17N3O3. The van der Waals surface area contributed by atoms with Gasteiger partial charge in [0.2, 0.25) is 5.78 Å². The van der Waals surface area contributed by atoms with E-state index in [1.165, 1.54) is 0 Å². The molecule has 134 valence electrons. The third kappa shape index (κ3) is 3.01. The number of carbonyl (C=O) groups is 1. The number of rotatable bonds is 5. The Morgan fingerprint density at radius 1 is 1.00 bits per heavy atom. The molecule has 0 aliphatic rings. The van der Waals surface area contributed by atoms with Crippen LogP contribution >= 0.6 is 0 Å². The second-order valence-corrected chi connectivity index (χ2v) is 5.97. The SMILES string of the molecule is CCOc1nc(=O)c2c(-c3ccccc3)c(C(=O)c3ccccc3)[nH]c2[nH]1. The smallest absolute Gasteiger partial charge is 0.298 e. The second kappa shape index (κ2) is 6.92. The maximum atomic E-state index is 13.1. The van der Waals surface area contributed by atoms with E-state index in [1.807, 2.05) is 36.4 Å². The van der Waals surface area contributed by atoms with Crippen LogP contribution in [0.3, 0.4) is 0 Å². The van der Waals surface area contributed by atoms with E-state index in [9.17, 15) is 9.59 Å². The van der Waals surface area contributed by atoms with Crippen molar-refractivity contribution < 1.29 is 9.53 Å². The van der Waals surface area contributed by atoms with Gasteiger partial charge in [0.1, 0.15) is 5.65 Å². The van der Waals surface area contributed by atoms with E-state index < -0.39 is 5.56 Å². The first kappa shape index (κ1) is 16.8. The van der Waals surface area contributed by atoms with Gasteiger partial charge in [-0.25, -0.2) is 0 Å². The lowest BCUT2D eigenvalue weighted by Crippen LogP contribution is -2.11. The molecule has 0 radical (unpaired) electrons. The summed E-state index contributed by atoms with van der Waals surface area (Å²) in [5.74, 6) is -0.198. The van der Waals surface area contributed by atoms with Gasteiger partial charge in [-0.3, -0.25) is 14.6 Å². The Hall–Kier alpha value is -3.67. The summed E-state index contributed by atoms with van der Waals surface area (Å²) >= 11 is 0. The lowest BCUT2D eigenvalue weighted by Gasteiger charge is -2.04. The highest BCUT2D eigenvalue weighted by molar-refractivity contribution is 6.16. The van der Waals surface area contributed by atoms with Crippen LogP contribution in [0.5, 0.6) is 6.01 Å². The van der Waals surface area contributed by atoms with Crippen molar-refractivity contribution in [2.45, 2.75) is 6.92 Å². The van der Waals surface area contributed by atoms with Gasteiger partial charge in [-0.1, -0.05) is 60.7 Å². The van der Waals surface area contributed by atoms with Crippen molar-refractivity contribution in [3.05, 3.63) is 82.3 Å². The molecule has 2 N–H and O–H groups in total. The van der Waals surface area contributed by atoms with Crippen LogP contribution in [0, 0.1) is 0 Å². The van der Waals surface area contributed by atoms with Crippen molar-refractivity contribution in [1.82, 2.24) is 15.0 Å².